The van der Waals surface area contributed by atoms with Crippen LogP contribution in [-0.4, -0.2) is 33.7 Å². The molecular weight excluding hydrogens is 390 g/mol. The lowest BCUT2D eigenvalue weighted by atomic mass is 9.97. The van der Waals surface area contributed by atoms with Crippen LogP contribution in [0.3, 0.4) is 0 Å². The summed E-state index contributed by atoms with van der Waals surface area (Å²) in [5.74, 6) is 0. The molecule has 4 aromatic heterocycles. The number of aryl methyl sites for hydroxylation is 5. The number of hydrogen-bond donors (Lipinski definition) is 0. The molecule has 31 heavy (non-hydrogen) atoms. The van der Waals surface area contributed by atoms with E-state index in [4.69, 9.17) is 4.98 Å². The van der Waals surface area contributed by atoms with E-state index in [1.54, 1.807) is 27.1 Å². The number of imidazole rings is 1. The van der Waals surface area contributed by atoms with Gasteiger partial charge in [-0.3, -0.25) is 23.5 Å². The van der Waals surface area contributed by atoms with E-state index in [0.29, 0.717) is 0 Å². The Morgan fingerprint density at radius 1 is 1.06 bits per heavy atom. The van der Waals surface area contributed by atoms with Crippen molar-refractivity contribution in [2.75, 3.05) is 0 Å². The highest BCUT2D eigenvalue weighted by Gasteiger charge is 2.20. The molecule has 0 saturated heterocycles. The zero-order valence-corrected chi connectivity index (χ0v) is 18.4. The summed E-state index contributed by atoms with van der Waals surface area (Å²) in [6.45, 7) is 6.86. The van der Waals surface area contributed by atoms with E-state index in [1.807, 2.05) is 44.2 Å². The molecule has 0 amide bonds. The number of rotatable bonds is 4. The maximum absolute atomic E-state index is 13.3. The van der Waals surface area contributed by atoms with Gasteiger partial charge in [-0.05, 0) is 43.5 Å². The van der Waals surface area contributed by atoms with Gasteiger partial charge in [-0.15, -0.1) is 0 Å². The first-order chi connectivity index (χ1) is 14.9. The summed E-state index contributed by atoms with van der Waals surface area (Å²) in [7, 11) is 3.70. The molecule has 5 aromatic rings. The molecule has 0 N–H and O–H groups in total. The Kier molecular flexibility index (Phi) is 4.32. The van der Waals surface area contributed by atoms with Crippen LogP contribution < -0.4 is 5.69 Å². The van der Waals surface area contributed by atoms with Crippen molar-refractivity contribution < 1.29 is 0 Å². The monoisotopic (exact) mass is 415 g/mol. The largest absolute Gasteiger partial charge is 0.333 e. The molecule has 1 aromatic carbocycles. The van der Waals surface area contributed by atoms with Crippen molar-refractivity contribution in [2.24, 2.45) is 14.1 Å². The highest BCUT2D eigenvalue weighted by molar-refractivity contribution is 6.05. The van der Waals surface area contributed by atoms with Crippen LogP contribution in [0.15, 0.2) is 41.7 Å². The number of hydrogen-bond acceptors (Lipinski definition) is 4. The van der Waals surface area contributed by atoms with Crippen molar-refractivity contribution in [3.05, 3.63) is 58.7 Å². The summed E-state index contributed by atoms with van der Waals surface area (Å²) >= 11 is 0. The lowest BCUT2D eigenvalue weighted by Gasteiger charge is -2.10. The zero-order chi connectivity index (χ0) is 21.9. The summed E-state index contributed by atoms with van der Waals surface area (Å²) in [5.41, 5.74) is 7.40. The van der Waals surface area contributed by atoms with Gasteiger partial charge in [0.25, 0.3) is 0 Å². The van der Waals surface area contributed by atoms with E-state index in [1.165, 1.54) is 5.56 Å². The first kappa shape index (κ1) is 19.3. The van der Waals surface area contributed by atoms with E-state index in [2.05, 4.69) is 29.3 Å². The maximum Gasteiger partial charge on any atom is 0.333 e. The highest BCUT2D eigenvalue weighted by Crippen LogP contribution is 2.33. The van der Waals surface area contributed by atoms with Crippen molar-refractivity contribution in [1.82, 2.24) is 33.7 Å². The molecule has 5 rings (SSSR count). The van der Waals surface area contributed by atoms with E-state index in [-0.39, 0.29) is 5.69 Å². The third-order valence-electron chi connectivity index (χ3n) is 5.99. The number of fused-ring (bicyclic) bond motifs is 3. The van der Waals surface area contributed by atoms with Crippen LogP contribution in [0.1, 0.15) is 25.1 Å². The Morgan fingerprint density at radius 3 is 2.52 bits per heavy atom. The average molecular weight is 416 g/mol. The van der Waals surface area contributed by atoms with Crippen LogP contribution in [0, 0.1) is 6.92 Å². The molecule has 8 nitrogen and oxygen atoms in total. The summed E-state index contributed by atoms with van der Waals surface area (Å²) in [5, 5.41) is 9.85. The predicted octanol–water partition coefficient (Wildman–Crippen LogP) is 3.37. The summed E-state index contributed by atoms with van der Waals surface area (Å²) in [4.78, 5) is 18.0. The summed E-state index contributed by atoms with van der Waals surface area (Å²) in [6, 6.07) is 4.28. The summed E-state index contributed by atoms with van der Waals surface area (Å²) in [6.07, 6.45) is 8.50. The molecule has 0 radical (unpaired) electrons. The second kappa shape index (κ2) is 6.94. The molecule has 0 unspecified atom stereocenters. The number of pyridine rings is 1. The Balaban J connectivity index is 1.92. The molecule has 0 aliphatic carbocycles. The molecule has 0 bridgehead atoms. The third-order valence-corrected chi connectivity index (χ3v) is 5.99. The number of aromatic nitrogens is 7. The van der Waals surface area contributed by atoms with Crippen molar-refractivity contribution >= 4 is 21.9 Å². The Morgan fingerprint density at radius 2 is 1.87 bits per heavy atom. The van der Waals surface area contributed by atoms with Crippen LogP contribution in [0.4, 0.5) is 0 Å². The van der Waals surface area contributed by atoms with E-state index in [0.717, 1.165) is 57.4 Å². The Bertz CT molecular complexity index is 1510. The highest BCUT2D eigenvalue weighted by atomic mass is 16.1. The summed E-state index contributed by atoms with van der Waals surface area (Å²) < 4.78 is 7.09. The fraction of sp³-hybridized carbons (Fsp3) is 0.304. The van der Waals surface area contributed by atoms with Crippen molar-refractivity contribution in [3.63, 3.8) is 0 Å². The molecule has 0 aliphatic heterocycles. The van der Waals surface area contributed by atoms with Gasteiger partial charge in [0, 0.05) is 44.0 Å². The molecule has 158 valence electrons. The second-order valence-corrected chi connectivity index (χ2v) is 7.91. The van der Waals surface area contributed by atoms with Crippen LogP contribution in [0.25, 0.3) is 38.8 Å². The van der Waals surface area contributed by atoms with Gasteiger partial charge in [-0.25, -0.2) is 4.79 Å². The molecule has 4 heterocycles. The molecule has 8 heteroatoms. The number of nitrogens with zero attached hydrogens (tertiary/aromatic N) is 7. The SMILES string of the molecule is CCc1cc2ncc3c(c2cc1-c1cnn(C)c1)n(-c1cn(CC)nc1C)c(=O)n3C. The smallest absolute Gasteiger partial charge is 0.293 e. The van der Waals surface area contributed by atoms with Gasteiger partial charge < -0.3 is 0 Å². The van der Waals surface area contributed by atoms with Gasteiger partial charge in [0.1, 0.15) is 0 Å². The Hall–Kier alpha value is -3.68. The molecule has 0 atom stereocenters. The van der Waals surface area contributed by atoms with Crippen LogP contribution >= 0.6 is 0 Å². The van der Waals surface area contributed by atoms with Crippen molar-refractivity contribution in [1.29, 1.82) is 0 Å². The second-order valence-electron chi connectivity index (χ2n) is 7.91. The van der Waals surface area contributed by atoms with Crippen molar-refractivity contribution in [3.8, 4) is 16.8 Å². The average Bonchev–Trinajstić information content (AvgIpc) is 3.43. The fourth-order valence-corrected chi connectivity index (χ4v) is 4.32. The molecule has 0 fully saturated rings. The van der Waals surface area contributed by atoms with Gasteiger partial charge in [-0.1, -0.05) is 6.92 Å². The van der Waals surface area contributed by atoms with Crippen LogP contribution in [0.2, 0.25) is 0 Å². The van der Waals surface area contributed by atoms with Gasteiger partial charge >= 0.3 is 5.69 Å². The van der Waals surface area contributed by atoms with Gasteiger partial charge in [-0.2, -0.15) is 10.2 Å². The minimum Gasteiger partial charge on any atom is -0.293 e. The Labute approximate surface area is 179 Å². The lowest BCUT2D eigenvalue weighted by molar-refractivity contribution is 0.653. The lowest BCUT2D eigenvalue weighted by Crippen LogP contribution is -2.21. The quantitative estimate of drug-likeness (QED) is 0.451. The van der Waals surface area contributed by atoms with Gasteiger partial charge in [0.2, 0.25) is 0 Å². The van der Waals surface area contributed by atoms with E-state index in [9.17, 15) is 4.79 Å². The molecule has 0 spiro atoms. The first-order valence-electron chi connectivity index (χ1n) is 10.5. The van der Waals surface area contributed by atoms with Crippen molar-refractivity contribution in [2.45, 2.75) is 33.7 Å². The first-order valence-corrected chi connectivity index (χ1v) is 10.5. The minimum absolute atomic E-state index is 0.106. The third kappa shape index (κ3) is 2.82. The zero-order valence-electron chi connectivity index (χ0n) is 18.4. The molecule has 0 saturated carbocycles. The normalized spacial score (nSPS) is 11.8. The van der Waals surface area contributed by atoms with Gasteiger partial charge in [0.05, 0.1) is 40.3 Å². The standard InChI is InChI=1S/C23H25N7O/c1-6-15-8-19-18(9-17(15)16-10-25-27(4)12-16)22-20(11-24-19)28(5)23(31)30(22)21-13-29(7-2)26-14(21)3/h8-13H,6-7H2,1-5H3. The van der Waals surface area contributed by atoms with E-state index >= 15 is 0 Å². The van der Waals surface area contributed by atoms with Crippen LogP contribution in [0.5, 0.6) is 0 Å². The molecule has 0 aliphatic rings. The van der Waals surface area contributed by atoms with Crippen LogP contribution in [-0.2, 0) is 27.1 Å². The number of benzene rings is 1. The molecular formula is C23H25N7O. The predicted molar refractivity (Wildman–Crippen MR) is 122 cm³/mol. The topological polar surface area (TPSA) is 75.5 Å². The van der Waals surface area contributed by atoms with E-state index < -0.39 is 0 Å². The fourth-order valence-electron chi connectivity index (χ4n) is 4.32. The van der Waals surface area contributed by atoms with Gasteiger partial charge in [0.15, 0.2) is 0 Å². The minimum atomic E-state index is -0.106. The maximum atomic E-state index is 13.3.